The Hall–Kier alpha value is -2.04. The first-order valence-electron chi connectivity index (χ1n) is 4.85. The Morgan fingerprint density at radius 1 is 1.56 bits per heavy atom. The number of hydrogen-bond donors (Lipinski definition) is 1. The van der Waals surface area contributed by atoms with Gasteiger partial charge in [0.25, 0.3) is 0 Å². The lowest BCUT2D eigenvalue weighted by Gasteiger charge is -2.15. The number of likely N-dealkylation sites (N-methyl/N-ethyl adjacent to an activating group) is 1. The monoisotopic (exact) mass is 223 g/mol. The Kier molecular flexibility index (Phi) is 4.32. The molecule has 0 aliphatic carbocycles. The number of aliphatic carboxylic acids is 1. The second kappa shape index (κ2) is 5.75. The number of carbonyl (C=O) groups is 2. The van der Waals surface area contributed by atoms with Gasteiger partial charge in [-0.25, -0.2) is 0 Å². The average Bonchev–Trinajstić information content (AvgIpc) is 2.75. The molecular weight excluding hydrogens is 210 g/mol. The Morgan fingerprint density at radius 2 is 2.31 bits per heavy atom. The lowest BCUT2D eigenvalue weighted by Crippen LogP contribution is -2.34. The minimum atomic E-state index is -1.03. The summed E-state index contributed by atoms with van der Waals surface area (Å²) in [6, 6.07) is 3.41. The highest BCUT2D eigenvalue weighted by atomic mass is 16.4. The molecule has 0 unspecified atom stereocenters. The molecule has 86 valence electrons. The zero-order valence-corrected chi connectivity index (χ0v) is 8.92. The summed E-state index contributed by atoms with van der Waals surface area (Å²) in [5.74, 6) is -0.817. The fourth-order valence-corrected chi connectivity index (χ4v) is 1.15. The van der Waals surface area contributed by atoms with Crippen molar-refractivity contribution in [3.63, 3.8) is 0 Å². The number of carbonyl (C=O) groups excluding carboxylic acids is 1. The third-order valence-electron chi connectivity index (χ3n) is 1.95. The van der Waals surface area contributed by atoms with Gasteiger partial charge in [0.15, 0.2) is 0 Å². The maximum atomic E-state index is 11.5. The first-order chi connectivity index (χ1) is 7.63. The van der Waals surface area contributed by atoms with Crippen LogP contribution in [0.25, 0.3) is 6.08 Å². The van der Waals surface area contributed by atoms with Gasteiger partial charge in [0.1, 0.15) is 12.3 Å². The Labute approximate surface area is 93.0 Å². The predicted molar refractivity (Wildman–Crippen MR) is 57.6 cm³/mol. The van der Waals surface area contributed by atoms with E-state index in [0.29, 0.717) is 12.3 Å². The van der Waals surface area contributed by atoms with Gasteiger partial charge in [0.05, 0.1) is 6.26 Å². The molecule has 16 heavy (non-hydrogen) atoms. The van der Waals surface area contributed by atoms with Crippen LogP contribution >= 0.6 is 0 Å². The van der Waals surface area contributed by atoms with E-state index in [9.17, 15) is 9.59 Å². The second-order valence-corrected chi connectivity index (χ2v) is 3.09. The molecule has 0 aliphatic rings. The molecule has 0 atom stereocenters. The highest BCUT2D eigenvalue weighted by Gasteiger charge is 2.11. The van der Waals surface area contributed by atoms with Crippen molar-refractivity contribution in [2.75, 3.05) is 13.1 Å². The molecule has 0 saturated carbocycles. The Morgan fingerprint density at radius 3 is 2.81 bits per heavy atom. The predicted octanol–water partition coefficient (Wildman–Crippen LogP) is 1.23. The summed E-state index contributed by atoms with van der Waals surface area (Å²) in [5, 5.41) is 8.58. The van der Waals surface area contributed by atoms with Gasteiger partial charge in [0, 0.05) is 12.6 Å². The van der Waals surface area contributed by atoms with Gasteiger partial charge in [0.2, 0.25) is 5.91 Å². The van der Waals surface area contributed by atoms with Crippen molar-refractivity contribution in [2.24, 2.45) is 0 Å². The largest absolute Gasteiger partial charge is 0.480 e. The molecular formula is C11H13NO4. The molecule has 1 aromatic rings. The molecule has 5 nitrogen and oxygen atoms in total. The lowest BCUT2D eigenvalue weighted by atomic mass is 10.3. The standard InChI is InChI=1S/C11H13NO4/c1-2-12(8-11(14)15)10(13)6-5-9-4-3-7-16-9/h3-7H,2,8H2,1H3,(H,14,15)/b6-5+. The highest BCUT2D eigenvalue weighted by molar-refractivity contribution is 5.93. The minimum Gasteiger partial charge on any atom is -0.480 e. The normalized spacial score (nSPS) is 10.6. The van der Waals surface area contributed by atoms with E-state index >= 15 is 0 Å². The quantitative estimate of drug-likeness (QED) is 0.762. The summed E-state index contributed by atoms with van der Waals surface area (Å²) in [6.45, 7) is 1.78. The molecule has 0 aromatic carbocycles. The molecule has 0 aliphatic heterocycles. The molecule has 1 heterocycles. The van der Waals surface area contributed by atoms with E-state index in [0.717, 1.165) is 0 Å². The van der Waals surface area contributed by atoms with Crippen LogP contribution < -0.4 is 0 Å². The molecule has 5 heteroatoms. The van der Waals surface area contributed by atoms with Gasteiger partial charge in [-0.2, -0.15) is 0 Å². The zero-order valence-electron chi connectivity index (χ0n) is 8.92. The summed E-state index contributed by atoms with van der Waals surface area (Å²) in [4.78, 5) is 23.2. The summed E-state index contributed by atoms with van der Waals surface area (Å²) in [5.41, 5.74) is 0. The van der Waals surface area contributed by atoms with E-state index < -0.39 is 5.97 Å². The van der Waals surface area contributed by atoms with Crippen LogP contribution in [-0.4, -0.2) is 35.0 Å². The van der Waals surface area contributed by atoms with Crippen LogP contribution in [0, 0.1) is 0 Å². The molecule has 0 saturated heterocycles. The van der Waals surface area contributed by atoms with Crippen molar-refractivity contribution in [2.45, 2.75) is 6.92 Å². The van der Waals surface area contributed by atoms with Gasteiger partial charge >= 0.3 is 5.97 Å². The summed E-state index contributed by atoms with van der Waals surface area (Å²) >= 11 is 0. The van der Waals surface area contributed by atoms with Crippen molar-refractivity contribution in [3.8, 4) is 0 Å². The third-order valence-corrected chi connectivity index (χ3v) is 1.95. The van der Waals surface area contributed by atoms with Crippen molar-refractivity contribution < 1.29 is 19.1 Å². The second-order valence-electron chi connectivity index (χ2n) is 3.09. The average molecular weight is 223 g/mol. The Bertz CT molecular complexity index is 381. The maximum absolute atomic E-state index is 11.5. The number of nitrogens with zero attached hydrogens (tertiary/aromatic N) is 1. The molecule has 0 radical (unpaired) electrons. The summed E-state index contributed by atoms with van der Waals surface area (Å²) in [6.07, 6.45) is 4.30. The van der Waals surface area contributed by atoms with Gasteiger partial charge < -0.3 is 14.4 Å². The first-order valence-corrected chi connectivity index (χ1v) is 4.85. The molecule has 1 rings (SSSR count). The molecule has 1 aromatic heterocycles. The van der Waals surface area contributed by atoms with Gasteiger partial charge in [-0.1, -0.05) is 0 Å². The van der Waals surface area contributed by atoms with Gasteiger partial charge in [-0.15, -0.1) is 0 Å². The fraction of sp³-hybridized carbons (Fsp3) is 0.273. The SMILES string of the molecule is CCN(CC(=O)O)C(=O)/C=C/c1ccco1. The molecule has 0 bridgehead atoms. The van der Waals surface area contributed by atoms with E-state index in [1.807, 2.05) is 0 Å². The van der Waals surface area contributed by atoms with Crippen molar-refractivity contribution in [1.29, 1.82) is 0 Å². The third kappa shape index (κ3) is 3.61. The molecule has 0 spiro atoms. The summed E-state index contributed by atoms with van der Waals surface area (Å²) in [7, 11) is 0. The van der Waals surface area contributed by atoms with E-state index in [4.69, 9.17) is 9.52 Å². The number of carboxylic acids is 1. The van der Waals surface area contributed by atoms with E-state index in [2.05, 4.69) is 0 Å². The van der Waals surface area contributed by atoms with E-state index in [1.54, 1.807) is 19.1 Å². The van der Waals surface area contributed by atoms with E-state index in [-0.39, 0.29) is 12.5 Å². The van der Waals surface area contributed by atoms with Crippen molar-refractivity contribution in [1.82, 2.24) is 4.90 Å². The topological polar surface area (TPSA) is 70.8 Å². The zero-order chi connectivity index (χ0) is 12.0. The molecule has 1 amide bonds. The van der Waals surface area contributed by atoms with Crippen LogP contribution in [0.3, 0.4) is 0 Å². The van der Waals surface area contributed by atoms with E-state index in [1.165, 1.54) is 23.3 Å². The van der Waals surface area contributed by atoms with Crippen LogP contribution in [0.15, 0.2) is 28.9 Å². The number of furan rings is 1. The summed E-state index contributed by atoms with van der Waals surface area (Å²) < 4.78 is 5.00. The lowest BCUT2D eigenvalue weighted by molar-refractivity contribution is -0.142. The van der Waals surface area contributed by atoms with Gasteiger partial charge in [-0.3, -0.25) is 9.59 Å². The Balaban J connectivity index is 2.59. The number of rotatable bonds is 5. The van der Waals surface area contributed by atoms with Crippen molar-refractivity contribution >= 4 is 18.0 Å². The van der Waals surface area contributed by atoms with Crippen LogP contribution in [0.2, 0.25) is 0 Å². The van der Waals surface area contributed by atoms with Crippen LogP contribution in [-0.2, 0) is 9.59 Å². The van der Waals surface area contributed by atoms with Crippen LogP contribution in [0.1, 0.15) is 12.7 Å². The van der Waals surface area contributed by atoms with Crippen molar-refractivity contribution in [3.05, 3.63) is 30.2 Å². The highest BCUT2D eigenvalue weighted by Crippen LogP contribution is 2.03. The number of amides is 1. The fourth-order valence-electron chi connectivity index (χ4n) is 1.15. The number of carboxylic acid groups (broad SMARTS) is 1. The van der Waals surface area contributed by atoms with Crippen LogP contribution in [0.5, 0.6) is 0 Å². The maximum Gasteiger partial charge on any atom is 0.323 e. The number of hydrogen-bond acceptors (Lipinski definition) is 3. The molecule has 1 N–H and O–H groups in total. The first kappa shape index (κ1) is 12.0. The smallest absolute Gasteiger partial charge is 0.323 e. The van der Waals surface area contributed by atoms with Crippen LogP contribution in [0.4, 0.5) is 0 Å². The van der Waals surface area contributed by atoms with Gasteiger partial charge in [-0.05, 0) is 25.1 Å². The minimum absolute atomic E-state index is 0.294. The molecule has 0 fully saturated rings.